The van der Waals surface area contributed by atoms with Gasteiger partial charge in [-0.15, -0.1) is 0 Å². The van der Waals surface area contributed by atoms with Gasteiger partial charge in [-0.3, -0.25) is 0 Å². The summed E-state index contributed by atoms with van der Waals surface area (Å²) in [7, 11) is 0. The van der Waals surface area contributed by atoms with Crippen LogP contribution in [0, 0.1) is 5.41 Å². The van der Waals surface area contributed by atoms with Crippen molar-refractivity contribution in [3.63, 3.8) is 0 Å². The van der Waals surface area contributed by atoms with Gasteiger partial charge in [0.05, 0.1) is 0 Å². The molecule has 0 unspecified atom stereocenters. The van der Waals surface area contributed by atoms with Crippen molar-refractivity contribution >= 4 is 11.5 Å². The fraction of sp³-hybridized carbons (Fsp3) is 0.308. The highest BCUT2D eigenvalue weighted by molar-refractivity contribution is 5.92. The Morgan fingerprint density at radius 2 is 1.93 bits per heavy atom. The van der Waals surface area contributed by atoms with Gasteiger partial charge in [0.15, 0.2) is 0 Å². The van der Waals surface area contributed by atoms with E-state index in [0.29, 0.717) is 0 Å². The van der Waals surface area contributed by atoms with E-state index in [-0.39, 0.29) is 5.41 Å². The van der Waals surface area contributed by atoms with E-state index in [9.17, 15) is 4.79 Å². The largest absolute Gasteiger partial charge is 0.478 e. The third kappa shape index (κ3) is 2.09. The van der Waals surface area contributed by atoms with Gasteiger partial charge in [-0.05, 0) is 29.4 Å². The van der Waals surface area contributed by atoms with Gasteiger partial charge in [0.25, 0.3) is 0 Å². The number of carboxylic acid groups (broad SMARTS) is 1. The number of hydrogen-bond donors (Lipinski definition) is 1. The van der Waals surface area contributed by atoms with E-state index in [0.717, 1.165) is 24.0 Å². The standard InChI is InChI=1S/C13H14O2/c1-13(7-8-13)11(9-12(14)15)10-5-3-2-4-6-10/h2-6,9H,7-8H2,1H3,(H,14,15)/b11-9-. The predicted molar refractivity (Wildman–Crippen MR) is 59.4 cm³/mol. The first-order chi connectivity index (χ1) is 7.12. The van der Waals surface area contributed by atoms with Crippen LogP contribution in [0.3, 0.4) is 0 Å². The van der Waals surface area contributed by atoms with Gasteiger partial charge in [-0.1, -0.05) is 37.3 Å². The highest BCUT2D eigenvalue weighted by Gasteiger charge is 2.41. The monoisotopic (exact) mass is 202 g/mol. The van der Waals surface area contributed by atoms with Crippen LogP contribution in [0.1, 0.15) is 25.3 Å². The molecule has 1 N–H and O–H groups in total. The lowest BCUT2D eigenvalue weighted by atomic mass is 9.91. The number of carbonyl (C=O) groups is 1. The van der Waals surface area contributed by atoms with Crippen LogP contribution in [0.25, 0.3) is 5.57 Å². The van der Waals surface area contributed by atoms with Crippen molar-refractivity contribution in [2.75, 3.05) is 0 Å². The minimum absolute atomic E-state index is 0.0831. The van der Waals surface area contributed by atoms with Gasteiger partial charge in [-0.2, -0.15) is 0 Å². The van der Waals surface area contributed by atoms with Crippen LogP contribution in [-0.2, 0) is 4.79 Å². The molecule has 1 aromatic carbocycles. The Morgan fingerprint density at radius 1 is 1.33 bits per heavy atom. The number of allylic oxidation sites excluding steroid dienone is 1. The lowest BCUT2D eigenvalue weighted by Crippen LogP contribution is -2.02. The molecule has 2 heteroatoms. The normalized spacial score (nSPS) is 18.6. The van der Waals surface area contributed by atoms with Crippen LogP contribution in [-0.4, -0.2) is 11.1 Å². The van der Waals surface area contributed by atoms with Crippen molar-refractivity contribution in [3.05, 3.63) is 42.0 Å². The highest BCUT2D eigenvalue weighted by atomic mass is 16.4. The van der Waals surface area contributed by atoms with Crippen molar-refractivity contribution in [2.24, 2.45) is 5.41 Å². The molecule has 2 nitrogen and oxygen atoms in total. The number of aliphatic carboxylic acids is 1. The van der Waals surface area contributed by atoms with Gasteiger partial charge in [-0.25, -0.2) is 4.79 Å². The number of hydrogen-bond acceptors (Lipinski definition) is 1. The summed E-state index contributed by atoms with van der Waals surface area (Å²) in [5.74, 6) is -0.859. The molecule has 1 fully saturated rings. The Balaban J connectivity index is 2.40. The van der Waals surface area contributed by atoms with Crippen molar-refractivity contribution < 1.29 is 9.90 Å². The second-order valence-electron chi connectivity index (χ2n) is 4.32. The summed E-state index contributed by atoms with van der Waals surface area (Å²) in [6, 6.07) is 9.77. The molecular weight excluding hydrogens is 188 g/mol. The molecule has 1 aliphatic rings. The van der Waals surface area contributed by atoms with E-state index in [1.807, 2.05) is 30.3 Å². The first kappa shape index (κ1) is 9.97. The molecule has 0 saturated heterocycles. The third-order valence-corrected chi connectivity index (χ3v) is 3.00. The van der Waals surface area contributed by atoms with Gasteiger partial charge in [0.2, 0.25) is 0 Å². The Kier molecular flexibility index (Phi) is 2.35. The molecular formula is C13H14O2. The summed E-state index contributed by atoms with van der Waals surface area (Å²) in [5, 5.41) is 8.86. The lowest BCUT2D eigenvalue weighted by Gasteiger charge is -2.13. The van der Waals surface area contributed by atoms with E-state index < -0.39 is 5.97 Å². The second-order valence-corrected chi connectivity index (χ2v) is 4.32. The summed E-state index contributed by atoms with van der Waals surface area (Å²) in [6.07, 6.45) is 3.52. The molecule has 0 radical (unpaired) electrons. The Bertz CT molecular complexity index is 400. The maximum absolute atomic E-state index is 10.8. The number of rotatable bonds is 3. The van der Waals surface area contributed by atoms with Crippen LogP contribution in [0.5, 0.6) is 0 Å². The van der Waals surface area contributed by atoms with Crippen molar-refractivity contribution in [3.8, 4) is 0 Å². The number of benzene rings is 1. The van der Waals surface area contributed by atoms with E-state index >= 15 is 0 Å². The quantitative estimate of drug-likeness (QED) is 0.765. The Morgan fingerprint density at radius 3 is 2.40 bits per heavy atom. The molecule has 0 atom stereocenters. The molecule has 78 valence electrons. The fourth-order valence-corrected chi connectivity index (χ4v) is 1.80. The first-order valence-corrected chi connectivity index (χ1v) is 5.12. The molecule has 0 spiro atoms. The summed E-state index contributed by atoms with van der Waals surface area (Å²) in [6.45, 7) is 2.12. The Labute approximate surface area is 89.2 Å². The highest BCUT2D eigenvalue weighted by Crippen LogP contribution is 2.55. The van der Waals surface area contributed by atoms with Crippen molar-refractivity contribution in [1.29, 1.82) is 0 Å². The average Bonchev–Trinajstić information content (AvgIpc) is 2.95. The van der Waals surface area contributed by atoms with Crippen LogP contribution >= 0.6 is 0 Å². The van der Waals surface area contributed by atoms with E-state index in [4.69, 9.17) is 5.11 Å². The maximum Gasteiger partial charge on any atom is 0.328 e. The van der Waals surface area contributed by atoms with Gasteiger partial charge >= 0.3 is 5.97 Å². The minimum atomic E-state index is -0.859. The van der Waals surface area contributed by atoms with Gasteiger partial charge in [0.1, 0.15) is 0 Å². The summed E-state index contributed by atoms with van der Waals surface area (Å²) < 4.78 is 0. The van der Waals surface area contributed by atoms with Gasteiger partial charge in [0, 0.05) is 6.08 Å². The van der Waals surface area contributed by atoms with E-state index in [1.165, 1.54) is 6.08 Å². The zero-order valence-corrected chi connectivity index (χ0v) is 8.73. The van der Waals surface area contributed by atoms with Crippen LogP contribution in [0.15, 0.2) is 36.4 Å². The van der Waals surface area contributed by atoms with E-state index in [1.54, 1.807) is 0 Å². The maximum atomic E-state index is 10.8. The molecule has 1 aliphatic carbocycles. The molecule has 0 bridgehead atoms. The fourth-order valence-electron chi connectivity index (χ4n) is 1.80. The van der Waals surface area contributed by atoms with Crippen molar-refractivity contribution in [1.82, 2.24) is 0 Å². The second kappa shape index (κ2) is 3.54. The van der Waals surface area contributed by atoms with Crippen LogP contribution in [0.4, 0.5) is 0 Å². The van der Waals surface area contributed by atoms with Crippen molar-refractivity contribution in [2.45, 2.75) is 19.8 Å². The zero-order valence-electron chi connectivity index (χ0n) is 8.73. The SMILES string of the molecule is CC1(/C(=C\C(=O)O)c2ccccc2)CC1. The molecule has 2 rings (SSSR count). The molecule has 15 heavy (non-hydrogen) atoms. The molecule has 1 aromatic rings. The molecule has 0 amide bonds. The summed E-state index contributed by atoms with van der Waals surface area (Å²) in [5.41, 5.74) is 2.07. The molecule has 0 aliphatic heterocycles. The lowest BCUT2D eigenvalue weighted by molar-refractivity contribution is -0.131. The topological polar surface area (TPSA) is 37.3 Å². The number of carboxylic acids is 1. The zero-order chi connectivity index (χ0) is 10.9. The summed E-state index contributed by atoms with van der Waals surface area (Å²) >= 11 is 0. The van der Waals surface area contributed by atoms with Gasteiger partial charge < -0.3 is 5.11 Å². The predicted octanol–water partition coefficient (Wildman–Crippen LogP) is 2.95. The smallest absolute Gasteiger partial charge is 0.328 e. The van der Waals surface area contributed by atoms with Crippen LogP contribution in [0.2, 0.25) is 0 Å². The Hall–Kier alpha value is -1.57. The molecule has 1 saturated carbocycles. The average molecular weight is 202 g/mol. The van der Waals surface area contributed by atoms with Crippen LogP contribution < -0.4 is 0 Å². The summed E-state index contributed by atoms with van der Waals surface area (Å²) in [4.78, 5) is 10.8. The third-order valence-electron chi connectivity index (χ3n) is 3.00. The van der Waals surface area contributed by atoms with E-state index in [2.05, 4.69) is 6.92 Å². The minimum Gasteiger partial charge on any atom is -0.478 e. The molecule has 0 aromatic heterocycles. The first-order valence-electron chi connectivity index (χ1n) is 5.12. The molecule has 0 heterocycles.